The summed E-state index contributed by atoms with van der Waals surface area (Å²) in [5.41, 5.74) is 0.412. The molecule has 164 valence electrons. The predicted octanol–water partition coefficient (Wildman–Crippen LogP) is 6.88. The van der Waals surface area contributed by atoms with Crippen LogP contribution < -0.4 is 0 Å². The molecular formula is C23H40F2O3. The van der Waals surface area contributed by atoms with Crippen LogP contribution in [0.4, 0.5) is 8.78 Å². The van der Waals surface area contributed by atoms with E-state index in [1.807, 2.05) is 13.8 Å². The molecule has 1 heterocycles. The first-order valence-corrected chi connectivity index (χ1v) is 10.8. The molecule has 0 aliphatic carbocycles. The molecule has 1 aliphatic rings. The van der Waals surface area contributed by atoms with Gasteiger partial charge in [0.05, 0.1) is 25.9 Å². The van der Waals surface area contributed by atoms with Gasteiger partial charge in [0, 0.05) is 6.61 Å². The summed E-state index contributed by atoms with van der Waals surface area (Å²) < 4.78 is 44.8. The Hall–Kier alpha value is -0.940. The Morgan fingerprint density at radius 1 is 1.11 bits per heavy atom. The van der Waals surface area contributed by atoms with Crippen LogP contribution in [0.2, 0.25) is 0 Å². The van der Waals surface area contributed by atoms with Gasteiger partial charge in [-0.05, 0) is 70.3 Å². The Labute approximate surface area is 170 Å². The van der Waals surface area contributed by atoms with Crippen LogP contribution in [-0.4, -0.2) is 32.5 Å². The molecule has 1 rings (SSSR count). The summed E-state index contributed by atoms with van der Waals surface area (Å²) >= 11 is 0. The minimum Gasteiger partial charge on any atom is -0.498 e. The highest BCUT2D eigenvalue weighted by Gasteiger charge is 2.22. The molecule has 4 atom stereocenters. The maximum absolute atomic E-state index is 14.2. The molecule has 3 nitrogen and oxygen atoms in total. The highest BCUT2D eigenvalue weighted by atomic mass is 19.2. The Morgan fingerprint density at radius 2 is 1.82 bits per heavy atom. The summed E-state index contributed by atoms with van der Waals surface area (Å²) in [7, 11) is 1.33. The van der Waals surface area contributed by atoms with Gasteiger partial charge in [-0.25, -0.2) is 8.78 Å². The maximum Gasteiger partial charge on any atom is 0.195 e. The van der Waals surface area contributed by atoms with E-state index in [0.717, 1.165) is 25.9 Å². The van der Waals surface area contributed by atoms with Gasteiger partial charge in [-0.1, -0.05) is 26.7 Å². The van der Waals surface area contributed by atoms with Crippen molar-refractivity contribution in [1.29, 1.82) is 0 Å². The van der Waals surface area contributed by atoms with Crippen LogP contribution in [0.5, 0.6) is 0 Å². The van der Waals surface area contributed by atoms with E-state index >= 15 is 0 Å². The van der Waals surface area contributed by atoms with Gasteiger partial charge in [-0.15, -0.1) is 0 Å². The van der Waals surface area contributed by atoms with Gasteiger partial charge < -0.3 is 14.2 Å². The Kier molecular flexibility index (Phi) is 11.9. The Bertz CT molecular complexity index is 508. The fraction of sp³-hybridized carbons (Fsp3) is 0.826. The number of rotatable bonds is 12. The van der Waals surface area contributed by atoms with Crippen LogP contribution in [0.15, 0.2) is 23.0 Å². The van der Waals surface area contributed by atoms with Crippen LogP contribution in [0.3, 0.4) is 0 Å². The molecule has 0 N–H and O–H groups in total. The summed E-state index contributed by atoms with van der Waals surface area (Å²) in [4.78, 5) is 0. The minimum atomic E-state index is -0.914. The average molecular weight is 403 g/mol. The molecule has 28 heavy (non-hydrogen) atoms. The first kappa shape index (κ1) is 25.1. The zero-order valence-corrected chi connectivity index (χ0v) is 18.7. The summed E-state index contributed by atoms with van der Waals surface area (Å²) in [5.74, 6) is -1.12. The third kappa shape index (κ3) is 8.60. The van der Waals surface area contributed by atoms with Gasteiger partial charge >= 0.3 is 0 Å². The molecule has 0 aromatic carbocycles. The molecule has 1 saturated heterocycles. The molecule has 0 amide bonds. The van der Waals surface area contributed by atoms with Gasteiger partial charge in [-0.3, -0.25) is 0 Å². The average Bonchev–Trinajstić information content (AvgIpc) is 2.72. The summed E-state index contributed by atoms with van der Waals surface area (Å²) in [6.07, 6.45) is 7.88. The molecule has 0 saturated carbocycles. The molecule has 5 heteroatoms. The highest BCUT2D eigenvalue weighted by molar-refractivity contribution is 5.27. The van der Waals surface area contributed by atoms with Crippen molar-refractivity contribution in [2.45, 2.75) is 91.8 Å². The number of methoxy groups -OCH3 is 1. The molecule has 0 bridgehead atoms. The van der Waals surface area contributed by atoms with Gasteiger partial charge in [-0.2, -0.15) is 0 Å². The summed E-state index contributed by atoms with van der Waals surface area (Å²) in [5, 5.41) is 0. The molecular weight excluding hydrogens is 362 g/mol. The first-order chi connectivity index (χ1) is 13.3. The fourth-order valence-electron chi connectivity index (χ4n) is 3.40. The normalized spacial score (nSPS) is 24.3. The Balaban J connectivity index is 2.34. The molecule has 0 aromatic rings. The summed E-state index contributed by atoms with van der Waals surface area (Å²) in [6.45, 7) is 10.7. The molecule has 0 aromatic heterocycles. The predicted molar refractivity (Wildman–Crippen MR) is 110 cm³/mol. The molecule has 0 spiro atoms. The first-order valence-electron chi connectivity index (χ1n) is 10.8. The van der Waals surface area contributed by atoms with Gasteiger partial charge in [0.2, 0.25) is 0 Å². The smallest absolute Gasteiger partial charge is 0.195 e. The van der Waals surface area contributed by atoms with Crippen LogP contribution in [0, 0.1) is 11.8 Å². The standard InChI is InChI=1S/C23H40F2O3/c1-7-8-9-20-12-13-21(28-14-20)15-27-17(3)11-10-16(2)18(4)22(24)23(25)19(5)26-6/h16-17,20-21H,7-15H2,1-6H3/b22-18-,23-19-. The van der Waals surface area contributed by atoms with Gasteiger partial charge in [0.15, 0.2) is 11.7 Å². The second-order valence-corrected chi connectivity index (χ2v) is 8.23. The number of halogens is 2. The minimum absolute atomic E-state index is 0.0369. The van der Waals surface area contributed by atoms with E-state index in [0.29, 0.717) is 18.1 Å². The van der Waals surface area contributed by atoms with E-state index in [1.165, 1.54) is 39.7 Å². The van der Waals surface area contributed by atoms with Crippen molar-refractivity contribution < 1.29 is 23.0 Å². The van der Waals surface area contributed by atoms with Crippen molar-refractivity contribution in [3.05, 3.63) is 23.0 Å². The lowest BCUT2D eigenvalue weighted by molar-refractivity contribution is -0.0781. The lowest BCUT2D eigenvalue weighted by atomic mass is 9.93. The maximum atomic E-state index is 14.2. The van der Waals surface area contributed by atoms with Crippen molar-refractivity contribution in [3.63, 3.8) is 0 Å². The topological polar surface area (TPSA) is 27.7 Å². The molecule has 4 unspecified atom stereocenters. The van der Waals surface area contributed by atoms with E-state index in [1.54, 1.807) is 6.92 Å². The lowest BCUT2D eigenvalue weighted by Crippen LogP contribution is -2.31. The SMILES string of the molecule is CCCCC1CCC(COC(C)CCC(C)/C(C)=C(F)/C(F)=C(\C)OC)OC1. The third-order valence-electron chi connectivity index (χ3n) is 5.90. The molecule has 1 fully saturated rings. The second-order valence-electron chi connectivity index (χ2n) is 8.23. The van der Waals surface area contributed by atoms with E-state index < -0.39 is 11.7 Å². The highest BCUT2D eigenvalue weighted by Crippen LogP contribution is 2.29. The zero-order chi connectivity index (χ0) is 21.1. The van der Waals surface area contributed by atoms with Crippen LogP contribution in [-0.2, 0) is 14.2 Å². The van der Waals surface area contributed by atoms with Crippen LogP contribution >= 0.6 is 0 Å². The largest absolute Gasteiger partial charge is 0.498 e. The number of hydrogen-bond acceptors (Lipinski definition) is 3. The van der Waals surface area contributed by atoms with Gasteiger partial charge in [0.1, 0.15) is 5.76 Å². The number of hydrogen-bond donors (Lipinski definition) is 0. The van der Waals surface area contributed by atoms with Crippen molar-refractivity contribution in [1.82, 2.24) is 0 Å². The van der Waals surface area contributed by atoms with Crippen molar-refractivity contribution >= 4 is 0 Å². The molecule has 0 radical (unpaired) electrons. The molecule has 1 aliphatic heterocycles. The number of unbranched alkanes of at least 4 members (excludes halogenated alkanes) is 1. The number of ether oxygens (including phenoxy) is 3. The van der Waals surface area contributed by atoms with E-state index in [9.17, 15) is 8.78 Å². The van der Waals surface area contributed by atoms with Crippen molar-refractivity contribution in [2.24, 2.45) is 11.8 Å². The van der Waals surface area contributed by atoms with Crippen molar-refractivity contribution in [3.8, 4) is 0 Å². The van der Waals surface area contributed by atoms with E-state index in [-0.39, 0.29) is 23.9 Å². The summed E-state index contributed by atoms with van der Waals surface area (Å²) in [6, 6.07) is 0. The monoisotopic (exact) mass is 402 g/mol. The number of allylic oxidation sites excluding steroid dienone is 4. The Morgan fingerprint density at radius 3 is 2.39 bits per heavy atom. The second kappa shape index (κ2) is 13.3. The van der Waals surface area contributed by atoms with E-state index in [4.69, 9.17) is 14.2 Å². The third-order valence-corrected chi connectivity index (χ3v) is 5.90. The fourth-order valence-corrected chi connectivity index (χ4v) is 3.40. The zero-order valence-electron chi connectivity index (χ0n) is 18.7. The van der Waals surface area contributed by atoms with Gasteiger partial charge in [0.25, 0.3) is 0 Å². The van der Waals surface area contributed by atoms with Crippen LogP contribution in [0.1, 0.15) is 79.6 Å². The lowest BCUT2D eigenvalue weighted by Gasteiger charge is -2.30. The van der Waals surface area contributed by atoms with Crippen LogP contribution in [0.25, 0.3) is 0 Å². The quantitative estimate of drug-likeness (QED) is 0.263. The van der Waals surface area contributed by atoms with Crippen molar-refractivity contribution in [2.75, 3.05) is 20.3 Å². The van der Waals surface area contributed by atoms with E-state index in [2.05, 4.69) is 6.92 Å².